The van der Waals surface area contributed by atoms with Crippen molar-refractivity contribution < 1.29 is 22.7 Å². The van der Waals surface area contributed by atoms with Gasteiger partial charge in [0.05, 0.1) is 24.8 Å². The number of carbonyl (C=O) groups is 1. The van der Waals surface area contributed by atoms with Crippen LogP contribution in [0, 0.1) is 6.92 Å². The average molecular weight is 441 g/mol. The van der Waals surface area contributed by atoms with Crippen LogP contribution in [0.2, 0.25) is 0 Å². The molecule has 0 saturated heterocycles. The number of carbonyl (C=O) groups excluding carboxylic acids is 1. The molecule has 0 aromatic heterocycles. The van der Waals surface area contributed by atoms with Crippen molar-refractivity contribution in [3.63, 3.8) is 0 Å². The number of methoxy groups -OCH3 is 2. The van der Waals surface area contributed by atoms with Gasteiger partial charge in [0.25, 0.3) is 15.9 Å². The zero-order valence-corrected chi connectivity index (χ0v) is 18.6. The van der Waals surface area contributed by atoms with Crippen LogP contribution in [-0.2, 0) is 10.0 Å². The van der Waals surface area contributed by atoms with Gasteiger partial charge in [0.15, 0.2) is 0 Å². The topological polar surface area (TPSA) is 84.9 Å². The molecule has 3 aromatic carbocycles. The second-order valence-corrected chi connectivity index (χ2v) is 8.86. The van der Waals surface area contributed by atoms with Crippen LogP contribution in [0.1, 0.15) is 15.9 Å². The number of rotatable bonds is 7. The Morgan fingerprint density at radius 2 is 1.52 bits per heavy atom. The van der Waals surface area contributed by atoms with Crippen LogP contribution in [0.5, 0.6) is 11.5 Å². The van der Waals surface area contributed by atoms with Crippen molar-refractivity contribution in [1.82, 2.24) is 0 Å². The second-order valence-electron chi connectivity index (χ2n) is 6.89. The van der Waals surface area contributed by atoms with E-state index in [2.05, 4.69) is 5.32 Å². The van der Waals surface area contributed by atoms with E-state index in [1.165, 1.54) is 43.8 Å². The number of sulfonamides is 1. The summed E-state index contributed by atoms with van der Waals surface area (Å²) in [7, 11) is 0.666. The van der Waals surface area contributed by atoms with E-state index >= 15 is 0 Å². The van der Waals surface area contributed by atoms with E-state index in [-0.39, 0.29) is 10.5 Å². The number of benzene rings is 3. The molecule has 0 atom stereocenters. The lowest BCUT2D eigenvalue weighted by molar-refractivity contribution is 0.102. The molecule has 0 aliphatic carbocycles. The summed E-state index contributed by atoms with van der Waals surface area (Å²) in [6.07, 6.45) is 0. The molecule has 31 heavy (non-hydrogen) atoms. The largest absolute Gasteiger partial charge is 0.497 e. The fraction of sp³-hybridized carbons (Fsp3) is 0.174. The Hall–Kier alpha value is -3.52. The van der Waals surface area contributed by atoms with Crippen LogP contribution >= 0.6 is 0 Å². The predicted octanol–water partition coefficient (Wildman–Crippen LogP) is 4.09. The van der Waals surface area contributed by atoms with E-state index < -0.39 is 15.9 Å². The Kier molecular flexibility index (Phi) is 6.50. The van der Waals surface area contributed by atoms with Gasteiger partial charge in [-0.1, -0.05) is 23.8 Å². The molecule has 0 saturated carbocycles. The fourth-order valence-electron chi connectivity index (χ4n) is 2.93. The highest BCUT2D eigenvalue weighted by molar-refractivity contribution is 7.92. The van der Waals surface area contributed by atoms with Gasteiger partial charge >= 0.3 is 0 Å². The van der Waals surface area contributed by atoms with Gasteiger partial charge < -0.3 is 14.8 Å². The minimum atomic E-state index is -3.84. The number of nitrogens with zero attached hydrogens (tertiary/aromatic N) is 1. The number of hydrogen-bond acceptors (Lipinski definition) is 5. The lowest BCUT2D eigenvalue weighted by atomic mass is 10.2. The lowest BCUT2D eigenvalue weighted by Gasteiger charge is -2.20. The summed E-state index contributed by atoms with van der Waals surface area (Å²) in [5.74, 6) is 0.585. The number of amides is 1. The highest BCUT2D eigenvalue weighted by atomic mass is 32.2. The van der Waals surface area contributed by atoms with Gasteiger partial charge in [0.2, 0.25) is 0 Å². The molecule has 1 N–H and O–H groups in total. The van der Waals surface area contributed by atoms with E-state index in [4.69, 9.17) is 9.47 Å². The van der Waals surface area contributed by atoms with Crippen LogP contribution in [0.3, 0.4) is 0 Å². The van der Waals surface area contributed by atoms with Crippen molar-refractivity contribution in [2.24, 2.45) is 0 Å². The highest BCUT2D eigenvalue weighted by Gasteiger charge is 2.22. The molecule has 1 amide bonds. The quantitative estimate of drug-likeness (QED) is 0.598. The Morgan fingerprint density at radius 1 is 0.903 bits per heavy atom. The summed E-state index contributed by atoms with van der Waals surface area (Å²) >= 11 is 0. The Labute approximate surface area is 182 Å². The van der Waals surface area contributed by atoms with E-state index in [1.54, 1.807) is 36.4 Å². The standard InChI is InChI=1S/C23H24N2O5S/c1-16-8-10-19(11-9-16)25(2)31(27,28)22-7-5-6-17(12-22)23(26)24-18-13-20(29-3)15-21(14-18)30-4/h5-15H,1-4H3,(H,24,26). The molecule has 0 fully saturated rings. The molecule has 162 valence electrons. The molecule has 0 bridgehead atoms. The molecule has 0 aliphatic rings. The maximum atomic E-state index is 13.1. The molecule has 8 heteroatoms. The molecular weight excluding hydrogens is 416 g/mol. The van der Waals surface area contributed by atoms with E-state index in [1.807, 2.05) is 19.1 Å². The minimum Gasteiger partial charge on any atom is -0.497 e. The van der Waals surface area contributed by atoms with Gasteiger partial charge in [-0.05, 0) is 37.3 Å². The summed E-state index contributed by atoms with van der Waals surface area (Å²) in [6.45, 7) is 1.93. The molecule has 7 nitrogen and oxygen atoms in total. The van der Waals surface area contributed by atoms with Crippen molar-refractivity contribution in [1.29, 1.82) is 0 Å². The smallest absolute Gasteiger partial charge is 0.264 e. The third-order valence-corrected chi connectivity index (χ3v) is 6.54. The van der Waals surface area contributed by atoms with E-state index in [0.717, 1.165) is 5.56 Å². The third kappa shape index (κ3) is 4.97. The van der Waals surface area contributed by atoms with Gasteiger partial charge in [-0.15, -0.1) is 0 Å². The Balaban J connectivity index is 1.87. The Morgan fingerprint density at radius 3 is 2.10 bits per heavy atom. The highest BCUT2D eigenvalue weighted by Crippen LogP contribution is 2.27. The van der Waals surface area contributed by atoms with Crippen molar-refractivity contribution >= 4 is 27.3 Å². The number of aryl methyl sites for hydroxylation is 1. The maximum Gasteiger partial charge on any atom is 0.264 e. The Bertz CT molecular complexity index is 1170. The zero-order chi connectivity index (χ0) is 22.6. The van der Waals surface area contributed by atoms with Crippen LogP contribution in [0.15, 0.2) is 71.6 Å². The average Bonchev–Trinajstić information content (AvgIpc) is 2.78. The monoisotopic (exact) mass is 440 g/mol. The number of nitrogens with one attached hydrogen (secondary N) is 1. The summed E-state index contributed by atoms with van der Waals surface area (Å²) in [6, 6.07) is 18.0. The molecule has 3 aromatic rings. The van der Waals surface area contributed by atoms with Gasteiger partial charge in [-0.3, -0.25) is 9.10 Å². The van der Waals surface area contributed by atoms with Crippen LogP contribution in [0.4, 0.5) is 11.4 Å². The van der Waals surface area contributed by atoms with Crippen molar-refractivity contribution in [2.45, 2.75) is 11.8 Å². The molecule has 0 radical (unpaired) electrons. The van der Waals surface area contributed by atoms with Gasteiger partial charge in [-0.2, -0.15) is 0 Å². The molecule has 0 heterocycles. The van der Waals surface area contributed by atoms with E-state index in [0.29, 0.717) is 22.9 Å². The summed E-state index contributed by atoms with van der Waals surface area (Å²) in [4.78, 5) is 12.8. The SMILES string of the molecule is COc1cc(NC(=O)c2cccc(S(=O)(=O)N(C)c3ccc(C)cc3)c2)cc(OC)c1. The molecule has 0 spiro atoms. The minimum absolute atomic E-state index is 0.0199. The first-order valence-electron chi connectivity index (χ1n) is 9.44. The summed E-state index contributed by atoms with van der Waals surface area (Å²) < 4.78 is 37.8. The summed E-state index contributed by atoms with van der Waals surface area (Å²) in [5, 5.41) is 2.75. The molecule has 3 rings (SSSR count). The fourth-order valence-corrected chi connectivity index (χ4v) is 4.17. The lowest BCUT2D eigenvalue weighted by Crippen LogP contribution is -2.26. The van der Waals surface area contributed by atoms with Crippen molar-refractivity contribution in [2.75, 3.05) is 30.9 Å². The second kappa shape index (κ2) is 9.09. The van der Waals surface area contributed by atoms with Crippen LogP contribution in [-0.4, -0.2) is 35.6 Å². The van der Waals surface area contributed by atoms with Crippen LogP contribution < -0.4 is 19.1 Å². The van der Waals surface area contributed by atoms with Crippen molar-refractivity contribution in [3.8, 4) is 11.5 Å². The first kappa shape index (κ1) is 22.2. The van der Waals surface area contributed by atoms with Gasteiger partial charge in [-0.25, -0.2) is 8.42 Å². The first-order valence-corrected chi connectivity index (χ1v) is 10.9. The number of hydrogen-bond donors (Lipinski definition) is 1. The molecular formula is C23H24N2O5S. The van der Waals surface area contributed by atoms with Gasteiger partial charge in [0, 0.05) is 36.5 Å². The van der Waals surface area contributed by atoms with Gasteiger partial charge in [0.1, 0.15) is 11.5 Å². The number of anilines is 2. The van der Waals surface area contributed by atoms with Crippen molar-refractivity contribution in [3.05, 3.63) is 77.9 Å². The zero-order valence-electron chi connectivity index (χ0n) is 17.7. The summed E-state index contributed by atoms with van der Waals surface area (Å²) in [5.41, 5.74) is 2.23. The predicted molar refractivity (Wildman–Crippen MR) is 121 cm³/mol. The molecule has 0 unspecified atom stereocenters. The number of ether oxygens (including phenoxy) is 2. The third-order valence-electron chi connectivity index (χ3n) is 4.76. The molecule has 0 aliphatic heterocycles. The van der Waals surface area contributed by atoms with E-state index in [9.17, 15) is 13.2 Å². The normalized spacial score (nSPS) is 11.0. The van der Waals surface area contributed by atoms with Crippen LogP contribution in [0.25, 0.3) is 0 Å². The first-order chi connectivity index (χ1) is 14.7. The maximum absolute atomic E-state index is 13.1.